The smallest absolute Gasteiger partial charge is 0.251 e. The summed E-state index contributed by atoms with van der Waals surface area (Å²) >= 11 is 0. The van der Waals surface area contributed by atoms with Gasteiger partial charge in [0.05, 0.1) is 18.7 Å². The van der Waals surface area contributed by atoms with Gasteiger partial charge in [-0.3, -0.25) is 0 Å². The average Bonchev–Trinajstić information content (AvgIpc) is 2.87. The second-order valence-corrected chi connectivity index (χ2v) is 4.16. The summed E-state index contributed by atoms with van der Waals surface area (Å²) in [5.41, 5.74) is 1.94. The SMILES string of the molecule is CNC(C)c1nnc(-c2cc(C)ccc2OC)o1. The van der Waals surface area contributed by atoms with E-state index in [9.17, 15) is 0 Å². The lowest BCUT2D eigenvalue weighted by atomic mass is 10.1. The summed E-state index contributed by atoms with van der Waals surface area (Å²) in [4.78, 5) is 0. The van der Waals surface area contributed by atoms with Crippen molar-refractivity contribution < 1.29 is 9.15 Å². The third-order valence-corrected chi connectivity index (χ3v) is 2.83. The summed E-state index contributed by atoms with van der Waals surface area (Å²) in [5, 5.41) is 11.2. The standard InChI is InChI=1S/C13H17N3O2/c1-8-5-6-11(17-4)10(7-8)13-16-15-12(18-13)9(2)14-3/h5-7,9,14H,1-4H3. The number of nitrogens with one attached hydrogen (secondary N) is 1. The van der Waals surface area contributed by atoms with Gasteiger partial charge < -0.3 is 14.5 Å². The molecule has 5 heteroatoms. The molecule has 1 aromatic heterocycles. The van der Waals surface area contributed by atoms with Gasteiger partial charge in [0.2, 0.25) is 5.89 Å². The molecule has 0 radical (unpaired) electrons. The van der Waals surface area contributed by atoms with Crippen LogP contribution in [0.4, 0.5) is 0 Å². The molecule has 0 aliphatic rings. The largest absolute Gasteiger partial charge is 0.496 e. The lowest BCUT2D eigenvalue weighted by molar-refractivity contribution is 0.410. The first-order chi connectivity index (χ1) is 8.65. The molecule has 0 saturated carbocycles. The van der Waals surface area contributed by atoms with Crippen LogP contribution >= 0.6 is 0 Å². The molecule has 1 N–H and O–H groups in total. The zero-order valence-electron chi connectivity index (χ0n) is 11.0. The van der Waals surface area contributed by atoms with Gasteiger partial charge in [0.1, 0.15) is 5.75 Å². The van der Waals surface area contributed by atoms with Gasteiger partial charge in [-0.2, -0.15) is 0 Å². The Bertz CT molecular complexity index is 537. The van der Waals surface area contributed by atoms with Crippen LogP contribution in [0.15, 0.2) is 22.6 Å². The summed E-state index contributed by atoms with van der Waals surface area (Å²) in [5.74, 6) is 1.77. The van der Waals surface area contributed by atoms with Gasteiger partial charge in [-0.25, -0.2) is 0 Å². The van der Waals surface area contributed by atoms with Crippen LogP contribution in [-0.2, 0) is 0 Å². The topological polar surface area (TPSA) is 60.2 Å². The van der Waals surface area contributed by atoms with E-state index in [1.807, 2.05) is 39.1 Å². The second-order valence-electron chi connectivity index (χ2n) is 4.16. The number of methoxy groups -OCH3 is 1. The summed E-state index contributed by atoms with van der Waals surface area (Å²) in [6.45, 7) is 3.97. The molecule has 0 fully saturated rings. The maximum absolute atomic E-state index is 5.66. The maximum Gasteiger partial charge on any atom is 0.251 e. The minimum absolute atomic E-state index is 0.0297. The molecule has 0 aliphatic carbocycles. The van der Waals surface area contributed by atoms with E-state index in [1.54, 1.807) is 7.11 Å². The Balaban J connectivity index is 2.42. The van der Waals surface area contributed by atoms with Crippen LogP contribution in [0.1, 0.15) is 24.4 Å². The van der Waals surface area contributed by atoms with Gasteiger partial charge >= 0.3 is 0 Å². The second kappa shape index (κ2) is 5.18. The molecule has 2 rings (SSSR count). The molecule has 96 valence electrons. The molecular formula is C13H17N3O2. The van der Waals surface area contributed by atoms with E-state index < -0.39 is 0 Å². The van der Waals surface area contributed by atoms with Crippen molar-refractivity contribution in [2.24, 2.45) is 0 Å². The fourth-order valence-electron chi connectivity index (χ4n) is 1.63. The van der Waals surface area contributed by atoms with Crippen molar-refractivity contribution >= 4 is 0 Å². The fourth-order valence-corrected chi connectivity index (χ4v) is 1.63. The molecular weight excluding hydrogens is 230 g/mol. The Morgan fingerprint density at radius 2 is 2.11 bits per heavy atom. The highest BCUT2D eigenvalue weighted by Gasteiger charge is 2.16. The molecule has 0 spiro atoms. The van der Waals surface area contributed by atoms with Crippen LogP contribution in [-0.4, -0.2) is 24.4 Å². The molecule has 5 nitrogen and oxygen atoms in total. The lowest BCUT2D eigenvalue weighted by Gasteiger charge is -2.06. The molecule has 1 atom stereocenters. The number of benzene rings is 1. The minimum atomic E-state index is 0.0297. The third-order valence-electron chi connectivity index (χ3n) is 2.83. The van der Waals surface area contributed by atoms with Gasteiger partial charge in [0, 0.05) is 0 Å². The normalized spacial score (nSPS) is 12.4. The first kappa shape index (κ1) is 12.6. The zero-order chi connectivity index (χ0) is 13.1. The number of hydrogen-bond acceptors (Lipinski definition) is 5. The van der Waals surface area contributed by atoms with Crippen molar-refractivity contribution in [2.75, 3.05) is 14.2 Å². The fraction of sp³-hybridized carbons (Fsp3) is 0.385. The Labute approximate surface area is 106 Å². The van der Waals surface area contributed by atoms with E-state index in [4.69, 9.17) is 9.15 Å². The Morgan fingerprint density at radius 3 is 2.78 bits per heavy atom. The summed E-state index contributed by atoms with van der Waals surface area (Å²) in [7, 11) is 3.48. The highest BCUT2D eigenvalue weighted by atomic mass is 16.5. The quantitative estimate of drug-likeness (QED) is 0.898. The molecule has 0 bridgehead atoms. The van der Waals surface area contributed by atoms with Crippen LogP contribution in [0.5, 0.6) is 5.75 Å². The average molecular weight is 247 g/mol. The first-order valence-electron chi connectivity index (χ1n) is 5.81. The number of nitrogens with zero attached hydrogens (tertiary/aromatic N) is 2. The van der Waals surface area contributed by atoms with Gasteiger partial charge in [0.15, 0.2) is 0 Å². The van der Waals surface area contributed by atoms with Crippen molar-refractivity contribution in [1.82, 2.24) is 15.5 Å². The Kier molecular flexibility index (Phi) is 3.62. The first-order valence-corrected chi connectivity index (χ1v) is 5.81. The van der Waals surface area contributed by atoms with Crippen LogP contribution in [0, 0.1) is 6.92 Å². The van der Waals surface area contributed by atoms with Gasteiger partial charge in [-0.15, -0.1) is 10.2 Å². The zero-order valence-corrected chi connectivity index (χ0v) is 11.0. The van der Waals surface area contributed by atoms with Gasteiger partial charge in [0.25, 0.3) is 5.89 Å². The molecule has 0 amide bonds. The van der Waals surface area contributed by atoms with E-state index in [1.165, 1.54) is 0 Å². The molecule has 1 unspecified atom stereocenters. The molecule has 0 saturated heterocycles. The van der Waals surface area contributed by atoms with E-state index in [-0.39, 0.29) is 6.04 Å². The highest BCUT2D eigenvalue weighted by molar-refractivity contribution is 5.63. The van der Waals surface area contributed by atoms with Crippen LogP contribution in [0.2, 0.25) is 0 Å². The monoisotopic (exact) mass is 247 g/mol. The summed E-state index contributed by atoms with van der Waals surface area (Å²) in [6, 6.07) is 5.88. The predicted octanol–water partition coefficient (Wildman–Crippen LogP) is 2.33. The van der Waals surface area contributed by atoms with E-state index >= 15 is 0 Å². The maximum atomic E-state index is 5.66. The van der Waals surface area contributed by atoms with Crippen molar-refractivity contribution in [1.29, 1.82) is 0 Å². The number of aromatic nitrogens is 2. The van der Waals surface area contributed by atoms with Crippen LogP contribution < -0.4 is 10.1 Å². The van der Waals surface area contributed by atoms with E-state index in [0.717, 1.165) is 16.9 Å². The number of ether oxygens (including phenoxy) is 1. The minimum Gasteiger partial charge on any atom is -0.496 e. The van der Waals surface area contributed by atoms with Gasteiger partial charge in [-0.1, -0.05) is 11.6 Å². The number of hydrogen-bond donors (Lipinski definition) is 1. The Morgan fingerprint density at radius 1 is 1.33 bits per heavy atom. The molecule has 1 aromatic carbocycles. The van der Waals surface area contributed by atoms with Crippen LogP contribution in [0.3, 0.4) is 0 Å². The molecule has 2 aromatic rings. The van der Waals surface area contributed by atoms with E-state index in [2.05, 4.69) is 15.5 Å². The number of rotatable bonds is 4. The third kappa shape index (κ3) is 2.36. The summed E-state index contributed by atoms with van der Waals surface area (Å²) in [6.07, 6.45) is 0. The predicted molar refractivity (Wildman–Crippen MR) is 68.5 cm³/mol. The lowest BCUT2D eigenvalue weighted by Crippen LogP contribution is -2.12. The van der Waals surface area contributed by atoms with Crippen molar-refractivity contribution in [3.63, 3.8) is 0 Å². The Hall–Kier alpha value is -1.88. The molecule has 18 heavy (non-hydrogen) atoms. The van der Waals surface area contributed by atoms with Crippen molar-refractivity contribution in [3.05, 3.63) is 29.7 Å². The van der Waals surface area contributed by atoms with Crippen molar-refractivity contribution in [2.45, 2.75) is 19.9 Å². The molecule has 1 heterocycles. The van der Waals surface area contributed by atoms with E-state index in [0.29, 0.717) is 11.8 Å². The van der Waals surface area contributed by atoms with Gasteiger partial charge in [-0.05, 0) is 33.0 Å². The summed E-state index contributed by atoms with van der Waals surface area (Å²) < 4.78 is 11.0. The highest BCUT2D eigenvalue weighted by Crippen LogP contribution is 2.30. The molecule has 0 aliphatic heterocycles. The number of aryl methyl sites for hydroxylation is 1. The van der Waals surface area contributed by atoms with Crippen LogP contribution in [0.25, 0.3) is 11.5 Å². The van der Waals surface area contributed by atoms with Crippen molar-refractivity contribution in [3.8, 4) is 17.2 Å².